The van der Waals surface area contributed by atoms with Crippen molar-refractivity contribution in [3.8, 4) is 0 Å². The van der Waals surface area contributed by atoms with Gasteiger partial charge < -0.3 is 14.4 Å². The Morgan fingerprint density at radius 3 is 2.47 bits per heavy atom. The summed E-state index contributed by atoms with van der Waals surface area (Å²) in [5.41, 5.74) is 0.535. The van der Waals surface area contributed by atoms with Crippen LogP contribution in [0.25, 0.3) is 0 Å². The van der Waals surface area contributed by atoms with Crippen LogP contribution in [0.15, 0.2) is 49.6 Å². The predicted octanol–water partition coefficient (Wildman–Crippen LogP) is 4.11. The smallest absolute Gasteiger partial charge is 0.329 e. The Morgan fingerprint density at radius 1 is 1.24 bits per heavy atom. The maximum absolute atomic E-state index is 13.1. The van der Waals surface area contributed by atoms with Gasteiger partial charge >= 0.3 is 11.9 Å². The molecule has 1 amide bonds. The minimum Gasteiger partial charge on any atom is -0.462 e. The van der Waals surface area contributed by atoms with E-state index in [0.717, 1.165) is 6.42 Å². The van der Waals surface area contributed by atoms with E-state index in [-0.39, 0.29) is 43.1 Å². The number of amides is 1. The SMILES string of the molecule is C=CCCC(=O)O[C@H](C)[C@H]1C(=O)N(C(CC=C)C(=O)OCc2ccc([N+](=O)[O-])cc2)[C@@H]1CCC. The van der Waals surface area contributed by atoms with E-state index in [2.05, 4.69) is 13.2 Å². The van der Waals surface area contributed by atoms with Gasteiger partial charge in [0.15, 0.2) is 0 Å². The lowest BCUT2D eigenvalue weighted by Crippen LogP contribution is -2.68. The van der Waals surface area contributed by atoms with Crippen molar-refractivity contribution < 1.29 is 28.8 Å². The maximum atomic E-state index is 13.1. The van der Waals surface area contributed by atoms with E-state index in [1.807, 2.05) is 6.92 Å². The summed E-state index contributed by atoms with van der Waals surface area (Å²) in [6, 6.07) is 4.59. The van der Waals surface area contributed by atoms with E-state index in [1.54, 1.807) is 19.1 Å². The molecule has 0 bridgehead atoms. The number of likely N-dealkylation sites (tertiary alicyclic amines) is 1. The lowest BCUT2D eigenvalue weighted by Gasteiger charge is -2.51. The van der Waals surface area contributed by atoms with E-state index in [9.17, 15) is 24.5 Å². The van der Waals surface area contributed by atoms with Gasteiger partial charge in [-0.25, -0.2) is 4.79 Å². The van der Waals surface area contributed by atoms with Gasteiger partial charge in [-0.15, -0.1) is 13.2 Å². The fourth-order valence-corrected chi connectivity index (χ4v) is 4.11. The fraction of sp³-hybridized carbons (Fsp3) is 0.480. The van der Waals surface area contributed by atoms with E-state index < -0.39 is 29.0 Å². The first kappa shape index (κ1) is 26.8. The van der Waals surface area contributed by atoms with Gasteiger partial charge in [-0.1, -0.05) is 25.5 Å². The number of allylic oxidation sites excluding steroid dienone is 1. The van der Waals surface area contributed by atoms with Gasteiger partial charge in [0.25, 0.3) is 5.69 Å². The second-order valence-electron chi connectivity index (χ2n) is 8.22. The van der Waals surface area contributed by atoms with Crippen LogP contribution in [-0.4, -0.2) is 45.9 Å². The molecule has 1 aromatic rings. The molecule has 1 aliphatic heterocycles. The molecule has 1 unspecified atom stereocenters. The Balaban J connectivity index is 2.08. The van der Waals surface area contributed by atoms with Crippen molar-refractivity contribution in [2.45, 2.75) is 70.7 Å². The Kier molecular flexibility index (Phi) is 9.97. The highest BCUT2D eigenvalue weighted by Gasteiger charge is 2.54. The molecule has 0 aromatic heterocycles. The molecule has 1 aliphatic rings. The molecular weight excluding hydrogens is 440 g/mol. The highest BCUT2D eigenvalue weighted by molar-refractivity contribution is 5.92. The zero-order valence-corrected chi connectivity index (χ0v) is 19.7. The van der Waals surface area contributed by atoms with E-state index in [0.29, 0.717) is 18.4 Å². The summed E-state index contributed by atoms with van der Waals surface area (Å²) in [5.74, 6) is -1.76. The van der Waals surface area contributed by atoms with Crippen LogP contribution in [0.4, 0.5) is 5.69 Å². The number of β-lactam (4-membered cyclic amide) rings is 1. The molecule has 9 nitrogen and oxygen atoms in total. The van der Waals surface area contributed by atoms with Crippen molar-refractivity contribution in [3.05, 3.63) is 65.3 Å². The zero-order valence-electron chi connectivity index (χ0n) is 19.7. The summed E-state index contributed by atoms with van der Waals surface area (Å²) in [5, 5.41) is 10.8. The molecule has 2 rings (SSSR count). The van der Waals surface area contributed by atoms with Crippen LogP contribution < -0.4 is 0 Å². The normalized spacial score (nSPS) is 18.9. The molecule has 9 heteroatoms. The summed E-state index contributed by atoms with van der Waals surface area (Å²) in [4.78, 5) is 49.8. The molecule has 4 atom stereocenters. The largest absolute Gasteiger partial charge is 0.462 e. The van der Waals surface area contributed by atoms with Gasteiger partial charge in [-0.05, 0) is 43.9 Å². The van der Waals surface area contributed by atoms with Crippen LogP contribution in [0.1, 0.15) is 51.5 Å². The number of hydrogen-bond donors (Lipinski definition) is 0. The zero-order chi connectivity index (χ0) is 25.3. The molecule has 34 heavy (non-hydrogen) atoms. The van der Waals surface area contributed by atoms with Crippen LogP contribution >= 0.6 is 0 Å². The maximum Gasteiger partial charge on any atom is 0.329 e. The molecule has 1 saturated heterocycles. The third kappa shape index (κ3) is 6.52. The van der Waals surface area contributed by atoms with Crippen LogP contribution in [0.3, 0.4) is 0 Å². The molecule has 184 valence electrons. The van der Waals surface area contributed by atoms with E-state index >= 15 is 0 Å². The number of non-ortho nitro benzene ring substituents is 1. The summed E-state index contributed by atoms with van der Waals surface area (Å²) < 4.78 is 10.9. The Bertz CT molecular complexity index is 912. The number of hydrogen-bond acceptors (Lipinski definition) is 7. The Morgan fingerprint density at radius 2 is 1.91 bits per heavy atom. The van der Waals surface area contributed by atoms with Gasteiger partial charge in [-0.2, -0.15) is 0 Å². The summed E-state index contributed by atoms with van der Waals surface area (Å²) in [6.07, 6.45) is 4.91. The van der Waals surface area contributed by atoms with E-state index in [4.69, 9.17) is 9.47 Å². The highest BCUT2D eigenvalue weighted by Crippen LogP contribution is 2.37. The summed E-state index contributed by atoms with van der Waals surface area (Å²) in [7, 11) is 0. The molecule has 1 aromatic carbocycles. The van der Waals surface area contributed by atoms with Crippen molar-refractivity contribution in [1.29, 1.82) is 0 Å². The first-order chi connectivity index (χ1) is 16.2. The van der Waals surface area contributed by atoms with Crippen LogP contribution in [0.2, 0.25) is 0 Å². The van der Waals surface area contributed by atoms with Gasteiger partial charge in [0.1, 0.15) is 18.8 Å². The number of ether oxygens (including phenoxy) is 2. The molecule has 0 aliphatic carbocycles. The average Bonchev–Trinajstić information content (AvgIpc) is 2.80. The van der Waals surface area contributed by atoms with Crippen molar-refractivity contribution in [2.75, 3.05) is 0 Å². The topological polar surface area (TPSA) is 116 Å². The number of nitrogens with zero attached hydrogens (tertiary/aromatic N) is 2. The Labute approximate surface area is 199 Å². The van der Waals surface area contributed by atoms with Crippen molar-refractivity contribution in [2.24, 2.45) is 5.92 Å². The standard InChI is InChI=1S/C25H32N2O7/c1-5-8-11-22(28)34-17(4)23-20(9-6-2)26(24(23)29)21(10-7-3)25(30)33-16-18-12-14-19(15-13-18)27(31)32/h5,7,12-15,17,20-21,23H,1,3,6,8-11,16H2,2,4H3/t17-,20-,21?,23-/m1/s1. The molecule has 0 N–H and O–H groups in total. The number of nitro groups is 1. The lowest BCUT2D eigenvalue weighted by atomic mass is 9.79. The molecule has 1 fully saturated rings. The van der Waals surface area contributed by atoms with Gasteiger partial charge in [0.05, 0.1) is 10.8 Å². The van der Waals surface area contributed by atoms with E-state index in [1.165, 1.54) is 29.2 Å². The van der Waals surface area contributed by atoms with Gasteiger partial charge in [0.2, 0.25) is 5.91 Å². The third-order valence-electron chi connectivity index (χ3n) is 5.80. The Hall–Kier alpha value is -3.49. The van der Waals surface area contributed by atoms with Gasteiger partial charge in [-0.3, -0.25) is 19.7 Å². The lowest BCUT2D eigenvalue weighted by molar-refractivity contribution is -0.384. The fourth-order valence-electron chi connectivity index (χ4n) is 4.11. The minimum atomic E-state index is -0.848. The number of esters is 2. The van der Waals surface area contributed by atoms with Gasteiger partial charge in [0, 0.05) is 24.6 Å². The highest BCUT2D eigenvalue weighted by atomic mass is 16.6. The first-order valence-corrected chi connectivity index (χ1v) is 11.4. The number of carbonyl (C=O) groups is 3. The van der Waals surface area contributed by atoms with Crippen molar-refractivity contribution in [1.82, 2.24) is 4.90 Å². The van der Waals surface area contributed by atoms with Crippen LogP contribution in [0.5, 0.6) is 0 Å². The average molecular weight is 473 g/mol. The summed E-state index contributed by atoms with van der Waals surface area (Å²) >= 11 is 0. The summed E-state index contributed by atoms with van der Waals surface area (Å²) in [6.45, 7) is 10.9. The molecular formula is C25H32N2O7. The number of rotatable bonds is 14. The number of nitro benzene ring substituents is 1. The van der Waals surface area contributed by atoms with Crippen molar-refractivity contribution >= 4 is 23.5 Å². The quantitative estimate of drug-likeness (QED) is 0.132. The predicted molar refractivity (Wildman–Crippen MR) is 126 cm³/mol. The third-order valence-corrected chi connectivity index (χ3v) is 5.80. The monoisotopic (exact) mass is 472 g/mol. The van der Waals surface area contributed by atoms with Crippen molar-refractivity contribution in [3.63, 3.8) is 0 Å². The molecule has 1 heterocycles. The number of benzene rings is 1. The molecule has 0 spiro atoms. The second-order valence-corrected chi connectivity index (χ2v) is 8.22. The first-order valence-electron chi connectivity index (χ1n) is 11.4. The minimum absolute atomic E-state index is 0.0569. The number of carbonyl (C=O) groups excluding carboxylic acids is 3. The van der Waals surface area contributed by atoms with Crippen LogP contribution in [0, 0.1) is 16.0 Å². The van der Waals surface area contributed by atoms with Crippen LogP contribution in [-0.2, 0) is 30.5 Å². The molecule has 0 saturated carbocycles. The second kappa shape index (κ2) is 12.7. The molecule has 0 radical (unpaired) electrons.